The Morgan fingerprint density at radius 3 is 2.46 bits per heavy atom. The summed E-state index contributed by atoms with van der Waals surface area (Å²) in [5.41, 5.74) is 0. The lowest BCUT2D eigenvalue weighted by molar-refractivity contribution is -0.134. The SMILES string of the molecule is CCCC(=O)Oc1ccccc1.O. The van der Waals surface area contributed by atoms with E-state index >= 15 is 0 Å². The number of rotatable bonds is 3. The molecule has 0 atom stereocenters. The van der Waals surface area contributed by atoms with Crippen molar-refractivity contribution in [3.05, 3.63) is 30.3 Å². The molecule has 0 aliphatic rings. The molecule has 0 aromatic heterocycles. The average molecular weight is 182 g/mol. The molecule has 0 fully saturated rings. The highest BCUT2D eigenvalue weighted by atomic mass is 16.5. The predicted molar refractivity (Wildman–Crippen MR) is 50.6 cm³/mol. The van der Waals surface area contributed by atoms with Crippen molar-refractivity contribution in [2.45, 2.75) is 19.8 Å². The Hall–Kier alpha value is -1.35. The summed E-state index contributed by atoms with van der Waals surface area (Å²) in [6.07, 6.45) is 1.31. The van der Waals surface area contributed by atoms with Gasteiger partial charge in [0.25, 0.3) is 0 Å². The van der Waals surface area contributed by atoms with Crippen molar-refractivity contribution in [3.63, 3.8) is 0 Å². The van der Waals surface area contributed by atoms with Gasteiger partial charge in [-0.2, -0.15) is 0 Å². The molecule has 2 N–H and O–H groups in total. The molecule has 0 amide bonds. The number of hydrogen-bond donors (Lipinski definition) is 0. The van der Waals surface area contributed by atoms with Crippen LogP contribution < -0.4 is 4.74 Å². The molecule has 0 radical (unpaired) electrons. The largest absolute Gasteiger partial charge is 0.427 e. The van der Waals surface area contributed by atoms with Crippen LogP contribution in [0.3, 0.4) is 0 Å². The van der Waals surface area contributed by atoms with Crippen LogP contribution in [0.4, 0.5) is 0 Å². The quantitative estimate of drug-likeness (QED) is 0.526. The van der Waals surface area contributed by atoms with Crippen LogP contribution in [0.1, 0.15) is 19.8 Å². The van der Waals surface area contributed by atoms with Gasteiger partial charge in [-0.3, -0.25) is 4.79 Å². The molecule has 0 aliphatic heterocycles. The summed E-state index contributed by atoms with van der Waals surface area (Å²) >= 11 is 0. The van der Waals surface area contributed by atoms with Gasteiger partial charge >= 0.3 is 5.97 Å². The van der Waals surface area contributed by atoms with Gasteiger partial charge in [-0.15, -0.1) is 0 Å². The minimum absolute atomic E-state index is 0. The van der Waals surface area contributed by atoms with Gasteiger partial charge in [-0.05, 0) is 18.6 Å². The topological polar surface area (TPSA) is 57.8 Å². The van der Waals surface area contributed by atoms with Gasteiger partial charge in [-0.1, -0.05) is 25.1 Å². The smallest absolute Gasteiger partial charge is 0.311 e. The highest BCUT2D eigenvalue weighted by molar-refractivity contribution is 5.72. The van der Waals surface area contributed by atoms with Crippen molar-refractivity contribution in [3.8, 4) is 5.75 Å². The Kier molecular flexibility index (Phi) is 5.55. The molecule has 0 aliphatic carbocycles. The molecule has 0 unspecified atom stereocenters. The molecule has 1 rings (SSSR count). The van der Waals surface area contributed by atoms with E-state index in [0.717, 1.165) is 6.42 Å². The lowest BCUT2D eigenvalue weighted by Gasteiger charge is -2.01. The molecular weight excluding hydrogens is 168 g/mol. The zero-order valence-electron chi connectivity index (χ0n) is 7.62. The molecule has 13 heavy (non-hydrogen) atoms. The zero-order chi connectivity index (χ0) is 8.81. The summed E-state index contributed by atoms with van der Waals surface area (Å²) in [6.45, 7) is 1.95. The molecule has 0 saturated heterocycles. The van der Waals surface area contributed by atoms with E-state index in [1.807, 2.05) is 25.1 Å². The first-order chi connectivity index (χ1) is 5.83. The van der Waals surface area contributed by atoms with E-state index in [0.29, 0.717) is 12.2 Å². The van der Waals surface area contributed by atoms with E-state index in [2.05, 4.69) is 0 Å². The van der Waals surface area contributed by atoms with Gasteiger partial charge in [0.05, 0.1) is 0 Å². The molecule has 3 nitrogen and oxygen atoms in total. The highest BCUT2D eigenvalue weighted by Gasteiger charge is 2.00. The van der Waals surface area contributed by atoms with Crippen molar-refractivity contribution in [1.82, 2.24) is 0 Å². The maximum atomic E-state index is 11.0. The Bertz CT molecular complexity index is 244. The van der Waals surface area contributed by atoms with E-state index in [4.69, 9.17) is 4.74 Å². The number of esters is 1. The maximum Gasteiger partial charge on any atom is 0.311 e. The van der Waals surface area contributed by atoms with Crippen molar-refractivity contribution in [2.24, 2.45) is 0 Å². The summed E-state index contributed by atoms with van der Waals surface area (Å²) in [4.78, 5) is 11.0. The lowest BCUT2D eigenvalue weighted by Crippen LogP contribution is -2.06. The first kappa shape index (κ1) is 11.6. The standard InChI is InChI=1S/C10H12O2.H2O/c1-2-6-10(11)12-9-7-4-3-5-8-9;/h3-5,7-8H,2,6H2,1H3;1H2. The second-order valence-corrected chi connectivity index (χ2v) is 2.54. The van der Waals surface area contributed by atoms with Crippen molar-refractivity contribution in [2.75, 3.05) is 0 Å². The molecule has 72 valence electrons. The van der Waals surface area contributed by atoms with E-state index in [9.17, 15) is 4.79 Å². The molecule has 0 bridgehead atoms. The normalized spacial score (nSPS) is 8.69. The molecule has 0 heterocycles. The van der Waals surface area contributed by atoms with Crippen LogP contribution >= 0.6 is 0 Å². The van der Waals surface area contributed by atoms with E-state index in [1.54, 1.807) is 12.1 Å². The number of hydrogen-bond acceptors (Lipinski definition) is 2. The highest BCUT2D eigenvalue weighted by Crippen LogP contribution is 2.09. The summed E-state index contributed by atoms with van der Waals surface area (Å²) in [5.74, 6) is 0.458. The Morgan fingerprint density at radius 2 is 1.92 bits per heavy atom. The number of benzene rings is 1. The molecule has 0 saturated carbocycles. The molecule has 1 aromatic carbocycles. The number of carbonyl (C=O) groups excluding carboxylic acids is 1. The Balaban J connectivity index is 0.00000144. The Labute approximate surface area is 77.6 Å². The van der Waals surface area contributed by atoms with Gasteiger partial charge in [0.15, 0.2) is 0 Å². The number of ether oxygens (including phenoxy) is 1. The van der Waals surface area contributed by atoms with Crippen molar-refractivity contribution >= 4 is 5.97 Å². The lowest BCUT2D eigenvalue weighted by atomic mass is 10.3. The van der Waals surface area contributed by atoms with Gasteiger partial charge in [0, 0.05) is 6.42 Å². The minimum Gasteiger partial charge on any atom is -0.427 e. The number of carbonyl (C=O) groups is 1. The predicted octanol–water partition coefficient (Wildman–Crippen LogP) is 1.57. The fraction of sp³-hybridized carbons (Fsp3) is 0.300. The second kappa shape index (κ2) is 6.20. The third-order valence-electron chi connectivity index (χ3n) is 1.43. The van der Waals surface area contributed by atoms with Crippen molar-refractivity contribution < 1.29 is 15.0 Å². The van der Waals surface area contributed by atoms with Crippen LogP contribution in [0.15, 0.2) is 30.3 Å². The van der Waals surface area contributed by atoms with E-state index < -0.39 is 0 Å². The van der Waals surface area contributed by atoms with Crippen LogP contribution in [0, 0.1) is 0 Å². The summed E-state index contributed by atoms with van der Waals surface area (Å²) in [5, 5.41) is 0. The van der Waals surface area contributed by atoms with Crippen LogP contribution in [-0.4, -0.2) is 11.4 Å². The third-order valence-corrected chi connectivity index (χ3v) is 1.43. The second-order valence-electron chi connectivity index (χ2n) is 2.54. The zero-order valence-corrected chi connectivity index (χ0v) is 7.62. The summed E-state index contributed by atoms with van der Waals surface area (Å²) < 4.78 is 5.02. The van der Waals surface area contributed by atoms with Gasteiger partial charge in [0.2, 0.25) is 0 Å². The summed E-state index contributed by atoms with van der Waals surface area (Å²) in [7, 11) is 0. The molecular formula is C10H14O3. The molecule has 0 spiro atoms. The van der Waals surface area contributed by atoms with Crippen LogP contribution in [-0.2, 0) is 4.79 Å². The molecule has 1 aromatic rings. The third kappa shape index (κ3) is 4.28. The first-order valence-corrected chi connectivity index (χ1v) is 4.08. The monoisotopic (exact) mass is 182 g/mol. The van der Waals surface area contributed by atoms with Crippen LogP contribution in [0.25, 0.3) is 0 Å². The van der Waals surface area contributed by atoms with Crippen molar-refractivity contribution in [1.29, 1.82) is 0 Å². The fourth-order valence-corrected chi connectivity index (χ4v) is 0.875. The maximum absolute atomic E-state index is 11.0. The minimum atomic E-state index is -0.163. The number of para-hydroxylation sites is 1. The summed E-state index contributed by atoms with van der Waals surface area (Å²) in [6, 6.07) is 9.11. The average Bonchev–Trinajstić information content (AvgIpc) is 2.06. The van der Waals surface area contributed by atoms with Crippen LogP contribution in [0.5, 0.6) is 5.75 Å². The van der Waals surface area contributed by atoms with Gasteiger partial charge in [-0.25, -0.2) is 0 Å². The molecule has 3 heteroatoms. The van der Waals surface area contributed by atoms with E-state index in [-0.39, 0.29) is 11.4 Å². The van der Waals surface area contributed by atoms with E-state index in [1.165, 1.54) is 0 Å². The van der Waals surface area contributed by atoms with Crippen LogP contribution in [0.2, 0.25) is 0 Å². The Morgan fingerprint density at radius 1 is 1.31 bits per heavy atom. The van der Waals surface area contributed by atoms with Gasteiger partial charge in [0.1, 0.15) is 5.75 Å². The van der Waals surface area contributed by atoms with Gasteiger partial charge < -0.3 is 10.2 Å². The fourth-order valence-electron chi connectivity index (χ4n) is 0.875. The first-order valence-electron chi connectivity index (χ1n) is 4.08.